The van der Waals surface area contributed by atoms with Crippen LogP contribution in [0.15, 0.2) is 91.0 Å². The number of amides is 13. The summed E-state index contributed by atoms with van der Waals surface area (Å²) < 4.78 is 5.74. The van der Waals surface area contributed by atoms with Crippen LogP contribution >= 0.6 is 0 Å². The monoisotopic (exact) mass is 1530 g/mol. The van der Waals surface area contributed by atoms with E-state index in [-0.39, 0.29) is 102 Å². The molecule has 110 heavy (non-hydrogen) atoms. The van der Waals surface area contributed by atoms with Crippen LogP contribution in [0.25, 0.3) is 0 Å². The van der Waals surface area contributed by atoms with Crippen LogP contribution in [0.1, 0.15) is 162 Å². The van der Waals surface area contributed by atoms with Crippen LogP contribution in [0.4, 0.5) is 0 Å². The number of nitrogens with one attached hydrogen (secondary N) is 9. The number of hydrogen-bond donors (Lipinski definition) is 10. The van der Waals surface area contributed by atoms with Crippen LogP contribution in [0, 0.1) is 17.8 Å². The fourth-order valence-electron chi connectivity index (χ4n) is 14.3. The van der Waals surface area contributed by atoms with Crippen molar-refractivity contribution in [3.63, 3.8) is 0 Å². The molecule has 0 bridgehead atoms. The molecule has 1 unspecified atom stereocenters. The lowest BCUT2D eigenvalue weighted by Gasteiger charge is -2.36. The van der Waals surface area contributed by atoms with Gasteiger partial charge in [0.05, 0.1) is 31.8 Å². The summed E-state index contributed by atoms with van der Waals surface area (Å²) in [6.07, 6.45) is 3.26. The SMILES string of the molecule is CCCC[C@H]1C(=O)N(C)[C@@H](CCCC)C(=O)N[C@@H](CC(C)C)C(=O)NCCOCC(=O)N[C@@H](Cc2ccccc2)C(=O)N(C)[C@@H](C)C(=O)N[C@@H](CC(C)C)C(O)N2CCC[C@@H]2C(=O)NCC(=O)N[C@@H](CC(C)C)C(=O)N2CCC[C@H]2C(=O)N[C@@H](Cc2ccccc2)C(=O)NCC(=O)N[C@@H](Cc2ccccc2)C(=O)N1C. The van der Waals surface area contributed by atoms with Gasteiger partial charge in [0.1, 0.15) is 67.2 Å². The molecule has 0 radical (unpaired) electrons. The molecule has 0 saturated carbocycles. The molecule has 13 amide bonds. The minimum Gasteiger partial charge on any atom is -0.376 e. The number of aliphatic hydroxyl groups excluding tert-OH is 1. The molecule has 0 aromatic heterocycles. The topological polar surface area (TPSA) is 376 Å². The van der Waals surface area contributed by atoms with Gasteiger partial charge in [0.15, 0.2) is 0 Å². The summed E-state index contributed by atoms with van der Waals surface area (Å²) in [5.41, 5.74) is 2.03. The molecule has 0 spiro atoms. The molecule has 606 valence electrons. The van der Waals surface area contributed by atoms with Crippen molar-refractivity contribution < 1.29 is 72.2 Å². The van der Waals surface area contributed by atoms with Crippen molar-refractivity contribution in [3.05, 3.63) is 108 Å². The lowest BCUT2D eigenvalue weighted by Crippen LogP contribution is -2.60. The van der Waals surface area contributed by atoms with Crippen LogP contribution in [0.2, 0.25) is 0 Å². The normalized spacial score (nSPS) is 26.0. The van der Waals surface area contributed by atoms with E-state index in [9.17, 15) is 57.8 Å². The Morgan fingerprint density at radius 1 is 0.445 bits per heavy atom. The number of nitrogens with zero attached hydrogens (tertiary/aromatic N) is 5. The largest absolute Gasteiger partial charge is 0.376 e. The summed E-state index contributed by atoms with van der Waals surface area (Å²) >= 11 is 0. The van der Waals surface area contributed by atoms with Crippen molar-refractivity contribution in [1.82, 2.24) is 72.4 Å². The maximum Gasteiger partial charge on any atom is 0.246 e. The number of carbonyl (C=O) groups excluding carboxylic acids is 13. The molecule has 3 aliphatic heterocycles. The van der Waals surface area contributed by atoms with E-state index in [2.05, 4.69) is 47.9 Å². The molecule has 10 N–H and O–H groups in total. The molecule has 29 heteroatoms. The van der Waals surface area contributed by atoms with E-state index in [0.717, 1.165) is 0 Å². The summed E-state index contributed by atoms with van der Waals surface area (Å²) in [6, 6.07) is 14.4. The lowest BCUT2D eigenvalue weighted by atomic mass is 9.99. The molecular weight excluding hydrogens is 1410 g/mol. The molecule has 3 aromatic rings. The maximum absolute atomic E-state index is 15.1. The zero-order valence-electron chi connectivity index (χ0n) is 66.5. The third-order valence-electron chi connectivity index (χ3n) is 20.4. The van der Waals surface area contributed by atoms with Crippen LogP contribution in [-0.2, 0) is 86.3 Å². The first-order chi connectivity index (χ1) is 52.4. The number of unbranched alkanes of at least 4 members (excludes halogenated alkanes) is 2. The number of hydrogen-bond acceptors (Lipinski definition) is 16. The molecule has 3 heterocycles. The summed E-state index contributed by atoms with van der Waals surface area (Å²) in [7, 11) is 4.38. The summed E-state index contributed by atoms with van der Waals surface area (Å²) in [4.78, 5) is 195. The Hall–Kier alpha value is -9.35. The summed E-state index contributed by atoms with van der Waals surface area (Å²) in [5.74, 6) is -8.60. The molecule has 3 fully saturated rings. The van der Waals surface area contributed by atoms with Crippen molar-refractivity contribution in [2.45, 2.75) is 238 Å². The van der Waals surface area contributed by atoms with E-state index in [0.29, 0.717) is 61.6 Å². The highest BCUT2D eigenvalue weighted by molar-refractivity contribution is 5.99. The molecular formula is C81H122N14O15. The highest BCUT2D eigenvalue weighted by Gasteiger charge is 2.44. The van der Waals surface area contributed by atoms with Gasteiger partial charge in [0.25, 0.3) is 0 Å². The second kappa shape index (κ2) is 45.1. The number of benzene rings is 3. The van der Waals surface area contributed by atoms with Crippen molar-refractivity contribution >= 4 is 76.8 Å². The van der Waals surface area contributed by atoms with Crippen molar-refractivity contribution in [2.24, 2.45) is 17.8 Å². The van der Waals surface area contributed by atoms with Crippen LogP contribution < -0.4 is 47.9 Å². The molecule has 12 atom stereocenters. The van der Waals surface area contributed by atoms with Gasteiger partial charge in [-0.25, -0.2) is 0 Å². The Balaban J connectivity index is 1.31. The highest BCUT2D eigenvalue weighted by atomic mass is 16.5. The Kier molecular flexibility index (Phi) is 36.7. The average molecular weight is 1530 g/mol. The van der Waals surface area contributed by atoms with E-state index >= 15 is 9.59 Å². The number of fused-ring (bicyclic) bond motifs is 2. The van der Waals surface area contributed by atoms with E-state index in [1.807, 2.05) is 55.4 Å². The average Bonchev–Trinajstić information content (AvgIpc) is 1.70. The zero-order chi connectivity index (χ0) is 80.7. The Labute approximate surface area is 648 Å². The third-order valence-corrected chi connectivity index (χ3v) is 20.4. The van der Waals surface area contributed by atoms with Gasteiger partial charge in [-0.15, -0.1) is 0 Å². The molecule has 6 rings (SSSR count). The number of rotatable bonds is 18. The van der Waals surface area contributed by atoms with Gasteiger partial charge in [0.2, 0.25) is 76.8 Å². The zero-order valence-corrected chi connectivity index (χ0v) is 66.5. The standard InChI is InChI=1S/C81H122N14O15/c1-13-15-34-64-75(103)88-58(42-51(3)4)72(100)82-38-41-110-50-70(98)87-62(46-56-30-22-18-23-31-56)77(105)91(10)54(9)71(99)90-61(44-53(7)8)80(108)94-39-26-36-65(94)74(102)84-49-69(97)85-60(43-52(5)6)79(107)95-40-27-37-66(95)76(104)89-59(45-55-28-20-17-21-29-55)73(101)83-48-68(96)86-63(47-57-32-24-19-25-33-57)78(106)93(12)67(35-16-14-2)81(109)92(64)11/h17-25,28-33,51-54,58-67,80,108H,13-16,26-27,34-50H2,1-12H3,(H,82,100)(H,83,101)(H,84,102)(H,85,97)(H,86,96)(H,87,98)(H,88,103)(H,89,104)(H,90,99)/t54-,58-,59-,60-,61-,62-,63-,64-,65+,66-,67-,80?/m0/s1. The van der Waals surface area contributed by atoms with Crippen molar-refractivity contribution in [1.29, 1.82) is 0 Å². The Morgan fingerprint density at radius 3 is 1.45 bits per heavy atom. The maximum atomic E-state index is 15.1. The van der Waals surface area contributed by atoms with Gasteiger partial charge in [-0.05, 0) is 99.2 Å². The number of aliphatic hydroxyl groups is 1. The van der Waals surface area contributed by atoms with Crippen LogP contribution in [0.3, 0.4) is 0 Å². The summed E-state index contributed by atoms with van der Waals surface area (Å²) in [5, 5.41) is 37.3. The smallest absolute Gasteiger partial charge is 0.246 e. The first-order valence-corrected chi connectivity index (χ1v) is 39.3. The minimum absolute atomic E-state index is 0.0272. The predicted octanol–water partition coefficient (Wildman–Crippen LogP) is 2.80. The fourth-order valence-corrected chi connectivity index (χ4v) is 14.3. The van der Waals surface area contributed by atoms with Gasteiger partial charge in [-0.3, -0.25) is 67.2 Å². The van der Waals surface area contributed by atoms with E-state index in [1.165, 1.54) is 47.7 Å². The number of carbonyl (C=O) groups is 13. The van der Waals surface area contributed by atoms with Gasteiger partial charge in [-0.2, -0.15) is 0 Å². The minimum atomic E-state index is -1.41. The van der Waals surface area contributed by atoms with E-state index in [1.54, 1.807) is 95.9 Å². The quantitative estimate of drug-likeness (QED) is 0.0875. The number of likely N-dealkylation sites (N-methyl/N-ethyl adjacent to an activating group) is 3. The Morgan fingerprint density at radius 2 is 0.900 bits per heavy atom. The van der Waals surface area contributed by atoms with Gasteiger partial charge >= 0.3 is 0 Å². The lowest BCUT2D eigenvalue weighted by molar-refractivity contribution is -0.149. The summed E-state index contributed by atoms with van der Waals surface area (Å²) in [6.45, 7) is 15.1. The number of ether oxygens (including phenoxy) is 1. The molecule has 3 aromatic carbocycles. The van der Waals surface area contributed by atoms with Crippen LogP contribution in [-0.4, -0.2) is 246 Å². The van der Waals surface area contributed by atoms with Gasteiger partial charge in [0, 0.05) is 60.0 Å². The third kappa shape index (κ3) is 27.6. The second-order valence-electron chi connectivity index (χ2n) is 30.7. The second-order valence-corrected chi connectivity index (χ2v) is 30.7. The van der Waals surface area contributed by atoms with Crippen molar-refractivity contribution in [3.8, 4) is 0 Å². The Bertz CT molecular complexity index is 3530. The first kappa shape index (κ1) is 89.5. The molecule has 29 nitrogen and oxygen atoms in total. The van der Waals surface area contributed by atoms with Crippen LogP contribution in [0.5, 0.6) is 0 Å². The van der Waals surface area contributed by atoms with Crippen molar-refractivity contribution in [2.75, 3.05) is 67.1 Å². The molecule has 3 aliphatic rings. The van der Waals surface area contributed by atoms with Gasteiger partial charge in [-0.1, -0.05) is 172 Å². The fraction of sp³-hybridized carbons (Fsp3) is 0.617. The highest BCUT2D eigenvalue weighted by Crippen LogP contribution is 2.26. The van der Waals surface area contributed by atoms with Gasteiger partial charge < -0.3 is 77.3 Å². The molecule has 3 saturated heterocycles. The van der Waals surface area contributed by atoms with E-state index < -0.39 is 169 Å². The van der Waals surface area contributed by atoms with E-state index in [4.69, 9.17) is 4.74 Å². The molecule has 0 aliphatic carbocycles. The first-order valence-electron chi connectivity index (χ1n) is 39.3. The predicted molar refractivity (Wildman–Crippen MR) is 415 cm³/mol.